The minimum absolute atomic E-state index is 0.229. The van der Waals surface area contributed by atoms with Gasteiger partial charge in [-0.3, -0.25) is 4.79 Å². The topological polar surface area (TPSA) is 68.5 Å². The number of ether oxygens (including phenoxy) is 1. The molecular formula is C22H20FN3O2. The predicted molar refractivity (Wildman–Crippen MR) is 106 cm³/mol. The van der Waals surface area contributed by atoms with Gasteiger partial charge in [0.25, 0.3) is 5.91 Å². The molecule has 1 fully saturated rings. The van der Waals surface area contributed by atoms with E-state index in [9.17, 15) is 9.18 Å². The summed E-state index contributed by atoms with van der Waals surface area (Å²) < 4.78 is 19.2. The lowest BCUT2D eigenvalue weighted by molar-refractivity contribution is 0.0995. The molecule has 1 amide bonds. The highest BCUT2D eigenvalue weighted by molar-refractivity contribution is 5.91. The molecule has 142 valence electrons. The molecule has 1 aliphatic heterocycles. The summed E-state index contributed by atoms with van der Waals surface area (Å²) in [5.41, 5.74) is 8.08. The number of anilines is 1. The lowest BCUT2D eigenvalue weighted by Crippen LogP contribution is -2.18. The summed E-state index contributed by atoms with van der Waals surface area (Å²) in [4.78, 5) is 18.1. The van der Waals surface area contributed by atoms with Crippen molar-refractivity contribution in [1.82, 2.24) is 4.98 Å². The first kappa shape index (κ1) is 18.0. The lowest BCUT2D eigenvalue weighted by atomic mass is 10.1. The van der Waals surface area contributed by atoms with Gasteiger partial charge in [-0.25, -0.2) is 9.37 Å². The second-order valence-electron chi connectivity index (χ2n) is 6.70. The molecule has 1 aromatic heterocycles. The molecule has 0 aliphatic carbocycles. The standard InChI is InChI=1S/C22H20FN3O2/c23-16-7-9-17(10-8-16)28-21-11-6-15(14-20(21)26-12-1-2-13-26)18-4-3-5-19(25-18)22(24)27/h3-11,14H,1-2,12-13H2,(H2,24,27). The summed E-state index contributed by atoms with van der Waals surface area (Å²) in [5.74, 6) is 0.410. The summed E-state index contributed by atoms with van der Waals surface area (Å²) in [7, 11) is 0. The maximum atomic E-state index is 13.2. The lowest BCUT2D eigenvalue weighted by Gasteiger charge is -2.22. The van der Waals surface area contributed by atoms with Crippen molar-refractivity contribution in [3.05, 3.63) is 72.2 Å². The minimum Gasteiger partial charge on any atom is -0.455 e. The van der Waals surface area contributed by atoms with Crippen LogP contribution in [0.4, 0.5) is 10.1 Å². The first-order valence-electron chi connectivity index (χ1n) is 9.20. The van der Waals surface area contributed by atoms with Gasteiger partial charge in [-0.2, -0.15) is 0 Å². The number of carbonyl (C=O) groups is 1. The highest BCUT2D eigenvalue weighted by Crippen LogP contribution is 2.37. The van der Waals surface area contributed by atoms with Gasteiger partial charge in [0.1, 0.15) is 17.3 Å². The molecule has 2 heterocycles. The monoisotopic (exact) mass is 377 g/mol. The largest absolute Gasteiger partial charge is 0.455 e. The van der Waals surface area contributed by atoms with Crippen LogP contribution in [0.1, 0.15) is 23.3 Å². The van der Waals surface area contributed by atoms with Crippen molar-refractivity contribution in [3.63, 3.8) is 0 Å². The predicted octanol–water partition coefficient (Wildman–Crippen LogP) is 4.38. The smallest absolute Gasteiger partial charge is 0.267 e. The van der Waals surface area contributed by atoms with E-state index in [2.05, 4.69) is 9.88 Å². The maximum Gasteiger partial charge on any atom is 0.267 e. The van der Waals surface area contributed by atoms with E-state index in [1.54, 1.807) is 24.3 Å². The summed E-state index contributed by atoms with van der Waals surface area (Å²) in [6.07, 6.45) is 2.24. The molecule has 6 heteroatoms. The number of aromatic nitrogens is 1. The van der Waals surface area contributed by atoms with Crippen LogP contribution < -0.4 is 15.4 Å². The van der Waals surface area contributed by atoms with E-state index < -0.39 is 5.91 Å². The first-order valence-corrected chi connectivity index (χ1v) is 9.20. The Labute approximate surface area is 162 Å². The number of hydrogen-bond acceptors (Lipinski definition) is 4. The van der Waals surface area contributed by atoms with E-state index in [1.807, 2.05) is 24.3 Å². The average Bonchev–Trinajstić information content (AvgIpc) is 3.25. The Hall–Kier alpha value is -3.41. The van der Waals surface area contributed by atoms with Gasteiger partial charge in [0, 0.05) is 18.7 Å². The van der Waals surface area contributed by atoms with Crippen molar-refractivity contribution >= 4 is 11.6 Å². The molecule has 1 aliphatic rings. The number of carbonyl (C=O) groups excluding carboxylic acids is 1. The van der Waals surface area contributed by atoms with Crippen molar-refractivity contribution in [2.24, 2.45) is 5.73 Å². The molecule has 0 spiro atoms. The second-order valence-corrected chi connectivity index (χ2v) is 6.70. The maximum absolute atomic E-state index is 13.2. The van der Waals surface area contributed by atoms with E-state index in [0.29, 0.717) is 17.2 Å². The molecule has 0 radical (unpaired) electrons. The summed E-state index contributed by atoms with van der Waals surface area (Å²) in [5, 5.41) is 0. The zero-order valence-electron chi connectivity index (χ0n) is 15.3. The van der Waals surface area contributed by atoms with Crippen molar-refractivity contribution in [2.45, 2.75) is 12.8 Å². The number of pyridine rings is 1. The molecule has 28 heavy (non-hydrogen) atoms. The summed E-state index contributed by atoms with van der Waals surface area (Å²) in [6.45, 7) is 1.88. The van der Waals surface area contributed by atoms with Crippen molar-refractivity contribution < 1.29 is 13.9 Å². The molecular weight excluding hydrogens is 357 g/mol. The molecule has 0 bridgehead atoms. The number of benzene rings is 2. The quantitative estimate of drug-likeness (QED) is 0.716. The van der Waals surface area contributed by atoms with Gasteiger partial charge in [0.2, 0.25) is 0 Å². The normalized spacial score (nSPS) is 13.5. The first-order chi connectivity index (χ1) is 13.6. The Morgan fingerprint density at radius 3 is 2.50 bits per heavy atom. The van der Waals surface area contributed by atoms with Crippen LogP contribution in [0.15, 0.2) is 60.7 Å². The summed E-state index contributed by atoms with van der Waals surface area (Å²) in [6, 6.07) is 16.9. The van der Waals surface area contributed by atoms with E-state index in [4.69, 9.17) is 10.5 Å². The summed E-state index contributed by atoms with van der Waals surface area (Å²) >= 11 is 0. The fourth-order valence-corrected chi connectivity index (χ4v) is 3.33. The number of hydrogen-bond donors (Lipinski definition) is 1. The highest BCUT2D eigenvalue weighted by Gasteiger charge is 2.19. The van der Waals surface area contributed by atoms with Gasteiger partial charge in [0.15, 0.2) is 5.75 Å². The van der Waals surface area contributed by atoms with E-state index in [1.165, 1.54) is 12.1 Å². The van der Waals surface area contributed by atoms with Gasteiger partial charge >= 0.3 is 0 Å². The third kappa shape index (κ3) is 3.81. The highest BCUT2D eigenvalue weighted by atomic mass is 19.1. The van der Waals surface area contributed by atoms with Crippen LogP contribution in [0.25, 0.3) is 11.3 Å². The number of rotatable bonds is 5. The SMILES string of the molecule is NC(=O)c1cccc(-c2ccc(Oc3ccc(F)cc3)c(N3CCCC3)c2)n1. The number of nitrogens with two attached hydrogens (primary N) is 1. The van der Waals surface area contributed by atoms with Crippen LogP contribution in [0, 0.1) is 5.82 Å². The van der Waals surface area contributed by atoms with Gasteiger partial charge in [-0.1, -0.05) is 6.07 Å². The molecule has 0 atom stereocenters. The van der Waals surface area contributed by atoms with Crippen molar-refractivity contribution in [1.29, 1.82) is 0 Å². The van der Waals surface area contributed by atoms with Crippen LogP contribution in [-0.2, 0) is 0 Å². The molecule has 4 rings (SSSR count). The number of halogens is 1. The Bertz CT molecular complexity index is 999. The van der Waals surface area contributed by atoms with E-state index >= 15 is 0 Å². The van der Waals surface area contributed by atoms with Crippen molar-refractivity contribution in [3.8, 4) is 22.8 Å². The van der Waals surface area contributed by atoms with Gasteiger partial charge in [-0.05, 0) is 67.4 Å². The Morgan fingerprint density at radius 1 is 1.04 bits per heavy atom. The number of nitrogens with zero attached hydrogens (tertiary/aromatic N) is 2. The Kier molecular flexibility index (Phi) is 4.93. The van der Waals surface area contributed by atoms with E-state index in [-0.39, 0.29) is 11.5 Å². The molecule has 0 unspecified atom stereocenters. The third-order valence-electron chi connectivity index (χ3n) is 4.74. The second kappa shape index (κ2) is 7.68. The Morgan fingerprint density at radius 2 is 1.79 bits per heavy atom. The molecule has 3 aromatic rings. The zero-order chi connectivity index (χ0) is 19.5. The van der Waals surface area contributed by atoms with Crippen LogP contribution in [0.5, 0.6) is 11.5 Å². The fourth-order valence-electron chi connectivity index (χ4n) is 3.33. The van der Waals surface area contributed by atoms with Gasteiger partial charge in [-0.15, -0.1) is 0 Å². The molecule has 5 nitrogen and oxygen atoms in total. The molecule has 2 aromatic carbocycles. The Balaban J connectivity index is 1.72. The minimum atomic E-state index is -0.558. The van der Waals surface area contributed by atoms with Crippen LogP contribution >= 0.6 is 0 Å². The van der Waals surface area contributed by atoms with Crippen molar-refractivity contribution in [2.75, 3.05) is 18.0 Å². The number of amides is 1. The average molecular weight is 377 g/mol. The van der Waals surface area contributed by atoms with Crippen LogP contribution in [0.2, 0.25) is 0 Å². The fraction of sp³-hybridized carbons (Fsp3) is 0.182. The molecule has 0 saturated carbocycles. The zero-order valence-corrected chi connectivity index (χ0v) is 15.3. The van der Waals surface area contributed by atoms with Gasteiger partial charge in [0.05, 0.1) is 11.4 Å². The molecule has 2 N–H and O–H groups in total. The van der Waals surface area contributed by atoms with Gasteiger partial charge < -0.3 is 15.4 Å². The van der Waals surface area contributed by atoms with Crippen LogP contribution in [-0.4, -0.2) is 24.0 Å². The van der Waals surface area contributed by atoms with E-state index in [0.717, 1.165) is 37.2 Å². The number of primary amides is 1. The third-order valence-corrected chi connectivity index (χ3v) is 4.74. The molecule has 1 saturated heterocycles. The van der Waals surface area contributed by atoms with Crippen LogP contribution in [0.3, 0.4) is 0 Å².